The van der Waals surface area contributed by atoms with Crippen LogP contribution < -0.4 is 15.5 Å². The van der Waals surface area contributed by atoms with E-state index >= 15 is 0 Å². The first-order valence-corrected chi connectivity index (χ1v) is 9.07. The monoisotopic (exact) mass is 387 g/mol. The number of anilines is 1. The minimum Gasteiger partial charge on any atom is -0.492 e. The van der Waals surface area contributed by atoms with Gasteiger partial charge in [-0.3, -0.25) is 9.59 Å². The quantitative estimate of drug-likeness (QED) is 0.431. The lowest BCUT2D eigenvalue weighted by Crippen LogP contribution is -2.32. The van der Waals surface area contributed by atoms with Crippen LogP contribution in [0.25, 0.3) is 0 Å². The van der Waals surface area contributed by atoms with Gasteiger partial charge in [0, 0.05) is 5.69 Å². The number of nitrogens with one attached hydrogen (secondary N) is 2. The van der Waals surface area contributed by atoms with Crippen molar-refractivity contribution in [2.45, 2.75) is 26.7 Å². The molecule has 2 aromatic rings. The molecule has 0 aromatic heterocycles. The second-order valence-corrected chi connectivity index (χ2v) is 6.11. The van der Waals surface area contributed by atoms with Gasteiger partial charge in [-0.15, -0.1) is 0 Å². The molecule has 2 amide bonds. The molecule has 0 aliphatic heterocycles. The van der Waals surface area contributed by atoms with Crippen LogP contribution in [0.1, 0.15) is 31.4 Å². The first-order chi connectivity index (χ1) is 13.0. The van der Waals surface area contributed by atoms with E-state index in [0.717, 1.165) is 18.4 Å². The zero-order chi connectivity index (χ0) is 19.6. The van der Waals surface area contributed by atoms with E-state index in [1.807, 2.05) is 26.0 Å². The highest BCUT2D eigenvalue weighted by molar-refractivity contribution is 6.39. The SMILES string of the molecule is CCCOc1ccc(/C=N\NC(=O)C(=O)Nc2ccccc2CC)cc1Cl. The van der Waals surface area contributed by atoms with Gasteiger partial charge >= 0.3 is 11.8 Å². The smallest absolute Gasteiger partial charge is 0.329 e. The molecule has 0 radical (unpaired) electrons. The molecule has 7 heteroatoms. The van der Waals surface area contributed by atoms with Crippen molar-refractivity contribution in [1.82, 2.24) is 5.43 Å². The summed E-state index contributed by atoms with van der Waals surface area (Å²) in [6.07, 6.45) is 3.03. The number of hydrazone groups is 1. The molecule has 0 saturated carbocycles. The number of hydrogen-bond acceptors (Lipinski definition) is 4. The summed E-state index contributed by atoms with van der Waals surface area (Å²) in [6, 6.07) is 12.5. The highest BCUT2D eigenvalue weighted by atomic mass is 35.5. The zero-order valence-electron chi connectivity index (χ0n) is 15.3. The Kier molecular flexibility index (Phi) is 7.82. The van der Waals surface area contributed by atoms with Crippen LogP contribution in [-0.2, 0) is 16.0 Å². The fourth-order valence-corrected chi connectivity index (χ4v) is 2.52. The maximum absolute atomic E-state index is 12.0. The lowest BCUT2D eigenvalue weighted by molar-refractivity contribution is -0.136. The van der Waals surface area contributed by atoms with Crippen molar-refractivity contribution in [3.63, 3.8) is 0 Å². The molecule has 0 bridgehead atoms. The van der Waals surface area contributed by atoms with Crippen molar-refractivity contribution in [2.75, 3.05) is 11.9 Å². The highest BCUT2D eigenvalue weighted by Crippen LogP contribution is 2.25. The van der Waals surface area contributed by atoms with E-state index in [1.165, 1.54) is 6.21 Å². The number of carbonyl (C=O) groups excluding carboxylic acids is 2. The molecule has 0 aliphatic rings. The third-order valence-corrected chi connectivity index (χ3v) is 3.95. The van der Waals surface area contributed by atoms with Crippen molar-refractivity contribution in [3.8, 4) is 5.75 Å². The predicted octanol–water partition coefficient (Wildman–Crippen LogP) is 3.78. The van der Waals surface area contributed by atoms with Crippen molar-refractivity contribution in [1.29, 1.82) is 0 Å². The second-order valence-electron chi connectivity index (χ2n) is 5.70. The maximum atomic E-state index is 12.0. The first kappa shape index (κ1) is 20.5. The van der Waals surface area contributed by atoms with Gasteiger partial charge in [-0.05, 0) is 48.2 Å². The van der Waals surface area contributed by atoms with Crippen LogP contribution in [0.4, 0.5) is 5.69 Å². The summed E-state index contributed by atoms with van der Waals surface area (Å²) in [7, 11) is 0. The van der Waals surface area contributed by atoms with E-state index in [-0.39, 0.29) is 0 Å². The Balaban J connectivity index is 1.92. The van der Waals surface area contributed by atoms with E-state index in [2.05, 4.69) is 15.8 Å². The third kappa shape index (κ3) is 6.11. The number of amides is 2. The van der Waals surface area contributed by atoms with Crippen molar-refractivity contribution < 1.29 is 14.3 Å². The molecule has 0 atom stereocenters. The molecule has 0 fully saturated rings. The van der Waals surface area contributed by atoms with E-state index in [9.17, 15) is 9.59 Å². The van der Waals surface area contributed by atoms with Gasteiger partial charge in [-0.2, -0.15) is 5.10 Å². The Hall–Kier alpha value is -2.86. The fraction of sp³-hybridized carbons (Fsp3) is 0.250. The minimum atomic E-state index is -0.855. The lowest BCUT2D eigenvalue weighted by atomic mass is 10.1. The molecule has 2 rings (SSSR count). The molecule has 0 spiro atoms. The van der Waals surface area contributed by atoms with Gasteiger partial charge < -0.3 is 10.1 Å². The summed E-state index contributed by atoms with van der Waals surface area (Å²) in [6.45, 7) is 4.56. The molecular formula is C20H22ClN3O3. The molecule has 27 heavy (non-hydrogen) atoms. The van der Waals surface area contributed by atoms with Crippen LogP contribution >= 0.6 is 11.6 Å². The number of halogens is 1. The first-order valence-electron chi connectivity index (χ1n) is 8.69. The minimum absolute atomic E-state index is 0.452. The van der Waals surface area contributed by atoms with Gasteiger partial charge in [0.2, 0.25) is 0 Å². The van der Waals surface area contributed by atoms with Crippen molar-refractivity contribution in [3.05, 3.63) is 58.6 Å². The van der Waals surface area contributed by atoms with Crippen molar-refractivity contribution in [2.24, 2.45) is 5.10 Å². The van der Waals surface area contributed by atoms with Gasteiger partial charge in [-0.1, -0.05) is 43.6 Å². The van der Waals surface area contributed by atoms with E-state index in [1.54, 1.807) is 30.3 Å². The Morgan fingerprint density at radius 1 is 1.15 bits per heavy atom. The van der Waals surface area contributed by atoms with Crippen LogP contribution in [-0.4, -0.2) is 24.6 Å². The van der Waals surface area contributed by atoms with Crippen LogP contribution in [0.3, 0.4) is 0 Å². The van der Waals surface area contributed by atoms with Gasteiger partial charge in [-0.25, -0.2) is 5.43 Å². The van der Waals surface area contributed by atoms with Crippen molar-refractivity contribution >= 4 is 35.3 Å². The Labute approximate surface area is 163 Å². The molecule has 6 nitrogen and oxygen atoms in total. The number of carbonyl (C=O) groups is 2. The summed E-state index contributed by atoms with van der Waals surface area (Å²) < 4.78 is 5.49. The number of aryl methyl sites for hydroxylation is 1. The normalized spacial score (nSPS) is 10.6. The molecule has 2 aromatic carbocycles. The van der Waals surface area contributed by atoms with Crippen LogP contribution in [0.2, 0.25) is 5.02 Å². The lowest BCUT2D eigenvalue weighted by Gasteiger charge is -2.08. The average molecular weight is 388 g/mol. The summed E-state index contributed by atoms with van der Waals surface area (Å²) in [5.74, 6) is -1.05. The number of nitrogens with zero attached hydrogens (tertiary/aromatic N) is 1. The molecular weight excluding hydrogens is 366 g/mol. The second kappa shape index (κ2) is 10.3. The standard InChI is InChI=1S/C20H22ClN3O3/c1-3-11-27-18-10-9-14(12-16(18)21)13-22-24-20(26)19(25)23-17-8-6-5-7-15(17)4-2/h5-10,12-13H,3-4,11H2,1-2H3,(H,23,25)(H,24,26)/b22-13-. The topological polar surface area (TPSA) is 79.8 Å². The highest BCUT2D eigenvalue weighted by Gasteiger charge is 2.14. The molecule has 142 valence electrons. The average Bonchev–Trinajstić information content (AvgIpc) is 2.67. The summed E-state index contributed by atoms with van der Waals surface area (Å²) in [5.41, 5.74) is 4.42. The Bertz CT molecular complexity index is 837. The maximum Gasteiger partial charge on any atom is 0.329 e. The van der Waals surface area contributed by atoms with Gasteiger partial charge in [0.25, 0.3) is 0 Å². The third-order valence-electron chi connectivity index (χ3n) is 3.65. The van der Waals surface area contributed by atoms with Crippen LogP contribution in [0.5, 0.6) is 5.75 Å². The Morgan fingerprint density at radius 2 is 1.93 bits per heavy atom. The molecule has 2 N–H and O–H groups in total. The molecule has 0 unspecified atom stereocenters. The summed E-state index contributed by atoms with van der Waals surface area (Å²) >= 11 is 6.14. The van der Waals surface area contributed by atoms with E-state index in [4.69, 9.17) is 16.3 Å². The zero-order valence-corrected chi connectivity index (χ0v) is 16.0. The fourth-order valence-electron chi connectivity index (χ4n) is 2.27. The summed E-state index contributed by atoms with van der Waals surface area (Å²) in [5, 5.41) is 6.83. The van der Waals surface area contributed by atoms with Gasteiger partial charge in [0.15, 0.2) is 0 Å². The summed E-state index contributed by atoms with van der Waals surface area (Å²) in [4.78, 5) is 23.9. The number of para-hydroxylation sites is 1. The number of benzene rings is 2. The van der Waals surface area contributed by atoms with Gasteiger partial charge in [0.05, 0.1) is 17.8 Å². The number of ether oxygens (including phenoxy) is 1. The molecule has 0 aliphatic carbocycles. The van der Waals surface area contributed by atoms with E-state index < -0.39 is 11.8 Å². The van der Waals surface area contributed by atoms with Gasteiger partial charge in [0.1, 0.15) is 5.75 Å². The number of rotatable bonds is 7. The van der Waals surface area contributed by atoms with Crippen LogP contribution in [0.15, 0.2) is 47.6 Å². The molecule has 0 heterocycles. The van der Waals surface area contributed by atoms with Crippen LogP contribution in [0, 0.1) is 0 Å². The predicted molar refractivity (Wildman–Crippen MR) is 107 cm³/mol. The largest absolute Gasteiger partial charge is 0.492 e. The number of hydrogen-bond donors (Lipinski definition) is 2. The molecule has 0 saturated heterocycles. The Morgan fingerprint density at radius 3 is 2.63 bits per heavy atom. The van der Waals surface area contributed by atoms with E-state index in [0.29, 0.717) is 28.6 Å².